The molecule has 4 fully saturated rings. The van der Waals surface area contributed by atoms with Crippen LogP contribution in [0.2, 0.25) is 0 Å². The lowest BCUT2D eigenvalue weighted by atomic mass is 9.41. The second-order valence-electron chi connectivity index (χ2n) is 12.6. The van der Waals surface area contributed by atoms with Gasteiger partial charge in [0, 0.05) is 0 Å². The zero-order chi connectivity index (χ0) is 20.4. The van der Waals surface area contributed by atoms with Crippen molar-refractivity contribution in [3.8, 4) is 0 Å². The first-order chi connectivity index (χ1) is 13.9. The Balaban J connectivity index is 1.32. The highest BCUT2D eigenvalue weighted by atomic mass is 14.7. The minimum Gasteiger partial charge on any atom is -0.0849 e. The van der Waals surface area contributed by atoms with E-state index in [4.69, 9.17) is 0 Å². The van der Waals surface area contributed by atoms with E-state index in [9.17, 15) is 0 Å². The van der Waals surface area contributed by atoms with Gasteiger partial charge in [0.15, 0.2) is 0 Å². The average molecular weight is 395 g/mol. The summed E-state index contributed by atoms with van der Waals surface area (Å²) in [5.41, 5.74) is 3.18. The summed E-state index contributed by atoms with van der Waals surface area (Å²) in [4.78, 5) is 0. The summed E-state index contributed by atoms with van der Waals surface area (Å²) in [6.07, 6.45) is 22.8. The third-order valence-corrected chi connectivity index (χ3v) is 11.2. The van der Waals surface area contributed by atoms with E-state index >= 15 is 0 Å². The molecule has 5 aliphatic carbocycles. The SMILES string of the molecule is CC[C@H](/C=C/[C@H]1C[C@]23CCC4[C@@H](CC=C5CC(C)CC[C@@]54C)C2CCC13)C(C)C. The van der Waals surface area contributed by atoms with Crippen molar-refractivity contribution in [2.24, 2.45) is 58.2 Å². The van der Waals surface area contributed by atoms with Crippen LogP contribution in [0.4, 0.5) is 0 Å². The van der Waals surface area contributed by atoms with Gasteiger partial charge in [0.1, 0.15) is 0 Å². The molecule has 5 aliphatic rings. The molecule has 4 saturated carbocycles. The molecule has 4 unspecified atom stereocenters. The van der Waals surface area contributed by atoms with Gasteiger partial charge in [-0.3, -0.25) is 0 Å². The third kappa shape index (κ3) is 2.97. The van der Waals surface area contributed by atoms with Crippen LogP contribution in [0.5, 0.6) is 0 Å². The molecule has 0 aromatic rings. The first kappa shape index (κ1) is 20.4. The van der Waals surface area contributed by atoms with E-state index in [2.05, 4.69) is 52.8 Å². The van der Waals surface area contributed by atoms with Crippen LogP contribution in [0, 0.1) is 58.2 Å². The summed E-state index contributed by atoms with van der Waals surface area (Å²) in [5.74, 6) is 7.51. The van der Waals surface area contributed by atoms with Gasteiger partial charge in [-0.25, -0.2) is 0 Å². The number of hydrogen-bond donors (Lipinski definition) is 0. The molecular formula is C29H46. The fraction of sp³-hybridized carbons (Fsp3) is 0.862. The van der Waals surface area contributed by atoms with Crippen LogP contribution in [-0.4, -0.2) is 0 Å². The first-order valence-electron chi connectivity index (χ1n) is 13.3. The predicted molar refractivity (Wildman–Crippen MR) is 125 cm³/mol. The Bertz CT molecular complexity index is 682. The predicted octanol–water partition coefficient (Wildman–Crippen LogP) is 8.44. The number of allylic oxidation sites excluding steroid dienone is 4. The fourth-order valence-corrected chi connectivity index (χ4v) is 9.48. The molecule has 0 amide bonds. The minimum atomic E-state index is 0.559. The Labute approximate surface area is 181 Å². The molecule has 9 atom stereocenters. The highest BCUT2D eigenvalue weighted by molar-refractivity contribution is 5.27. The van der Waals surface area contributed by atoms with Crippen molar-refractivity contribution in [1.29, 1.82) is 0 Å². The van der Waals surface area contributed by atoms with Gasteiger partial charge in [-0.1, -0.05) is 58.4 Å². The molecule has 0 heteroatoms. The van der Waals surface area contributed by atoms with Crippen molar-refractivity contribution in [3.05, 3.63) is 23.8 Å². The Morgan fingerprint density at radius 3 is 2.62 bits per heavy atom. The van der Waals surface area contributed by atoms with Crippen LogP contribution in [0.25, 0.3) is 0 Å². The van der Waals surface area contributed by atoms with E-state index in [1.165, 1.54) is 44.9 Å². The van der Waals surface area contributed by atoms with Gasteiger partial charge in [-0.15, -0.1) is 0 Å². The first-order valence-corrected chi connectivity index (χ1v) is 13.3. The third-order valence-electron chi connectivity index (χ3n) is 11.2. The van der Waals surface area contributed by atoms with Crippen LogP contribution in [0.1, 0.15) is 98.8 Å². The van der Waals surface area contributed by atoms with Crippen LogP contribution in [0.3, 0.4) is 0 Å². The second-order valence-corrected chi connectivity index (χ2v) is 12.6. The van der Waals surface area contributed by atoms with Crippen molar-refractivity contribution >= 4 is 0 Å². The van der Waals surface area contributed by atoms with Gasteiger partial charge < -0.3 is 0 Å². The standard InChI is InChI=1S/C29H46/c1-6-21(19(2)3)7-8-22-18-29-16-14-26-24(27(29)12-11-25(22)29)10-9-23-17-20(4)13-15-28(23,26)5/h7-9,19-22,24-27H,6,10-18H2,1-5H3/b8-7+/t20?,21-,22+,24-,25?,26?,27?,28+,29+/m1/s1. The lowest BCUT2D eigenvalue weighted by Crippen LogP contribution is -2.56. The summed E-state index contributed by atoms with van der Waals surface area (Å²) < 4.78 is 0. The van der Waals surface area contributed by atoms with E-state index in [1.54, 1.807) is 19.3 Å². The zero-order valence-corrected chi connectivity index (χ0v) is 19.9. The molecular weight excluding hydrogens is 348 g/mol. The van der Waals surface area contributed by atoms with E-state index in [0.717, 1.165) is 52.8 Å². The fourth-order valence-electron chi connectivity index (χ4n) is 9.48. The van der Waals surface area contributed by atoms with Crippen LogP contribution in [0.15, 0.2) is 23.8 Å². The Kier molecular flexibility index (Phi) is 5.11. The molecule has 29 heavy (non-hydrogen) atoms. The average Bonchev–Trinajstić information content (AvgIpc) is 2.98. The van der Waals surface area contributed by atoms with E-state index in [1.807, 2.05) is 5.57 Å². The Morgan fingerprint density at radius 1 is 1.07 bits per heavy atom. The van der Waals surface area contributed by atoms with Crippen LogP contribution < -0.4 is 0 Å². The maximum Gasteiger partial charge on any atom is -0.00851 e. The molecule has 0 heterocycles. The number of hydrogen-bond acceptors (Lipinski definition) is 0. The topological polar surface area (TPSA) is 0 Å². The minimum absolute atomic E-state index is 0.559. The maximum atomic E-state index is 2.76. The highest BCUT2D eigenvalue weighted by Gasteiger charge is 2.65. The van der Waals surface area contributed by atoms with Gasteiger partial charge in [-0.05, 0) is 122 Å². The Hall–Kier alpha value is -0.520. The molecule has 0 radical (unpaired) electrons. The van der Waals surface area contributed by atoms with Crippen molar-refractivity contribution in [1.82, 2.24) is 0 Å². The smallest absolute Gasteiger partial charge is 0.00851 e. The quantitative estimate of drug-likeness (QED) is 0.420. The van der Waals surface area contributed by atoms with E-state index in [0.29, 0.717) is 5.41 Å². The highest BCUT2D eigenvalue weighted by Crippen LogP contribution is 2.73. The molecule has 5 rings (SSSR count). The largest absolute Gasteiger partial charge is 0.0849 e. The summed E-state index contributed by atoms with van der Waals surface area (Å²) in [5, 5.41) is 0. The molecule has 1 spiro atoms. The summed E-state index contributed by atoms with van der Waals surface area (Å²) >= 11 is 0. The molecule has 0 nitrogen and oxygen atoms in total. The molecule has 0 bridgehead atoms. The zero-order valence-electron chi connectivity index (χ0n) is 19.9. The van der Waals surface area contributed by atoms with Crippen LogP contribution in [-0.2, 0) is 0 Å². The van der Waals surface area contributed by atoms with Crippen molar-refractivity contribution in [3.63, 3.8) is 0 Å². The molecule has 0 aromatic carbocycles. The summed E-state index contributed by atoms with van der Waals surface area (Å²) in [6.45, 7) is 12.3. The molecule has 0 N–H and O–H groups in total. The van der Waals surface area contributed by atoms with Gasteiger partial charge >= 0.3 is 0 Å². The van der Waals surface area contributed by atoms with Crippen LogP contribution >= 0.6 is 0 Å². The molecule has 162 valence electrons. The molecule has 0 aliphatic heterocycles. The van der Waals surface area contributed by atoms with E-state index in [-0.39, 0.29) is 0 Å². The van der Waals surface area contributed by atoms with Crippen molar-refractivity contribution < 1.29 is 0 Å². The lowest BCUT2D eigenvalue weighted by Gasteiger charge is -2.63. The number of rotatable bonds is 4. The normalized spacial score (nSPS) is 49.7. The second kappa shape index (κ2) is 7.27. The van der Waals surface area contributed by atoms with Crippen molar-refractivity contribution in [2.45, 2.75) is 98.8 Å². The summed E-state index contributed by atoms with van der Waals surface area (Å²) in [7, 11) is 0. The van der Waals surface area contributed by atoms with E-state index < -0.39 is 0 Å². The van der Waals surface area contributed by atoms with Gasteiger partial charge in [0.2, 0.25) is 0 Å². The molecule has 0 aromatic heterocycles. The van der Waals surface area contributed by atoms with Gasteiger partial charge in [0.25, 0.3) is 0 Å². The van der Waals surface area contributed by atoms with Crippen molar-refractivity contribution in [2.75, 3.05) is 0 Å². The Morgan fingerprint density at radius 2 is 1.86 bits per heavy atom. The lowest BCUT2D eigenvalue weighted by molar-refractivity contribution is -0.116. The number of fused-ring (bicyclic) bond motifs is 4. The summed E-state index contributed by atoms with van der Waals surface area (Å²) in [6, 6.07) is 0. The maximum absolute atomic E-state index is 2.76. The molecule has 0 saturated heterocycles. The monoisotopic (exact) mass is 394 g/mol. The van der Waals surface area contributed by atoms with Gasteiger partial charge in [0.05, 0.1) is 0 Å². The van der Waals surface area contributed by atoms with Gasteiger partial charge in [-0.2, -0.15) is 0 Å².